The van der Waals surface area contributed by atoms with Gasteiger partial charge in [0.05, 0.1) is 7.11 Å². The second kappa shape index (κ2) is 6.30. The quantitative estimate of drug-likeness (QED) is 0.673. The summed E-state index contributed by atoms with van der Waals surface area (Å²) in [5.74, 6) is -1.04. The number of carboxylic acids is 1. The number of aromatic carboxylic acids is 1. The molecule has 116 valence electrons. The molecular weight excluding hydrogens is 288 g/mol. The molecule has 1 N–H and O–H groups in total. The lowest BCUT2D eigenvalue weighted by atomic mass is 10.3. The third-order valence-electron chi connectivity index (χ3n) is 2.90. The highest BCUT2D eigenvalue weighted by Gasteiger charge is 2.21. The Hall–Kier alpha value is -2.83. The molecule has 7 heteroatoms. The van der Waals surface area contributed by atoms with Crippen molar-refractivity contribution in [3.63, 3.8) is 0 Å². The number of aromatic nitrogens is 2. The Morgan fingerprint density at radius 2 is 1.91 bits per heavy atom. The van der Waals surface area contributed by atoms with Crippen LogP contribution in [0.5, 0.6) is 11.5 Å². The van der Waals surface area contributed by atoms with Gasteiger partial charge in [-0.25, -0.2) is 9.59 Å². The smallest absolute Gasteiger partial charge is 0.364 e. The Kier molecular flexibility index (Phi) is 4.45. The van der Waals surface area contributed by atoms with Crippen LogP contribution in [0, 0.1) is 0 Å². The molecule has 0 aliphatic carbocycles. The first-order chi connectivity index (χ1) is 10.4. The van der Waals surface area contributed by atoms with Gasteiger partial charge in [-0.1, -0.05) is 6.07 Å². The maximum atomic E-state index is 12.1. The van der Waals surface area contributed by atoms with Gasteiger partial charge in [0, 0.05) is 18.2 Å². The molecule has 2 rings (SSSR count). The van der Waals surface area contributed by atoms with E-state index < -0.39 is 11.9 Å². The number of benzene rings is 1. The van der Waals surface area contributed by atoms with E-state index in [9.17, 15) is 9.59 Å². The van der Waals surface area contributed by atoms with Gasteiger partial charge in [-0.05, 0) is 26.0 Å². The second-order valence-corrected chi connectivity index (χ2v) is 4.83. The third kappa shape index (κ3) is 3.25. The number of esters is 1. The summed E-state index contributed by atoms with van der Waals surface area (Å²) in [7, 11) is 1.50. The SMILES string of the molecule is COc1cccc(OC(=O)c2cc(C(=O)O)n(C(C)C)n2)c1. The number of nitrogens with zero attached hydrogens (tertiary/aromatic N) is 2. The number of carbonyl (C=O) groups is 2. The number of carboxylic acid groups (broad SMARTS) is 1. The van der Waals surface area contributed by atoms with E-state index in [1.165, 1.54) is 17.9 Å². The molecule has 0 saturated heterocycles. The standard InChI is InChI=1S/C15H16N2O5/c1-9(2)17-13(14(18)19)8-12(16-17)15(20)22-11-6-4-5-10(7-11)21-3/h4-9H,1-3H3,(H,18,19). The van der Waals surface area contributed by atoms with Crippen molar-refractivity contribution in [1.29, 1.82) is 0 Å². The average molecular weight is 304 g/mol. The lowest BCUT2D eigenvalue weighted by molar-refractivity contribution is 0.0679. The summed E-state index contributed by atoms with van der Waals surface area (Å²) in [5.41, 5.74) is -0.124. The minimum Gasteiger partial charge on any atom is -0.497 e. The Balaban J connectivity index is 2.26. The van der Waals surface area contributed by atoms with Gasteiger partial charge in [-0.2, -0.15) is 5.10 Å². The minimum absolute atomic E-state index is 0.0612. The van der Waals surface area contributed by atoms with Crippen LogP contribution in [0.4, 0.5) is 0 Å². The van der Waals surface area contributed by atoms with Gasteiger partial charge in [0.2, 0.25) is 0 Å². The molecule has 0 saturated carbocycles. The molecule has 0 spiro atoms. The second-order valence-electron chi connectivity index (χ2n) is 4.83. The van der Waals surface area contributed by atoms with E-state index in [-0.39, 0.29) is 17.4 Å². The van der Waals surface area contributed by atoms with Crippen LogP contribution >= 0.6 is 0 Å². The normalized spacial score (nSPS) is 10.5. The Bertz CT molecular complexity index is 706. The van der Waals surface area contributed by atoms with Crippen LogP contribution in [0.1, 0.15) is 40.9 Å². The molecule has 2 aromatic rings. The highest BCUT2D eigenvalue weighted by Crippen LogP contribution is 2.20. The maximum Gasteiger partial charge on any atom is 0.364 e. The molecule has 0 unspecified atom stereocenters. The minimum atomic E-state index is -1.15. The molecule has 0 aliphatic heterocycles. The van der Waals surface area contributed by atoms with Gasteiger partial charge in [-0.3, -0.25) is 4.68 Å². The van der Waals surface area contributed by atoms with Crippen LogP contribution in [0.25, 0.3) is 0 Å². The van der Waals surface area contributed by atoms with Crippen molar-refractivity contribution in [2.75, 3.05) is 7.11 Å². The van der Waals surface area contributed by atoms with Crippen LogP contribution in [0.3, 0.4) is 0 Å². The molecular formula is C15H16N2O5. The lowest BCUT2D eigenvalue weighted by Crippen LogP contribution is -2.13. The Morgan fingerprint density at radius 1 is 1.23 bits per heavy atom. The molecule has 0 atom stereocenters. The zero-order valence-corrected chi connectivity index (χ0v) is 12.4. The molecule has 1 heterocycles. The van der Waals surface area contributed by atoms with Crippen LogP contribution in [-0.2, 0) is 0 Å². The van der Waals surface area contributed by atoms with Crippen LogP contribution in [0.2, 0.25) is 0 Å². The zero-order chi connectivity index (χ0) is 16.3. The molecule has 1 aromatic carbocycles. The Morgan fingerprint density at radius 3 is 2.45 bits per heavy atom. The molecule has 0 radical (unpaired) electrons. The van der Waals surface area contributed by atoms with Crippen molar-refractivity contribution < 1.29 is 24.2 Å². The van der Waals surface area contributed by atoms with Gasteiger partial charge in [0.25, 0.3) is 0 Å². The fourth-order valence-corrected chi connectivity index (χ4v) is 1.87. The summed E-state index contributed by atoms with van der Waals surface area (Å²) in [6.45, 7) is 3.55. The molecule has 0 aliphatic rings. The molecule has 22 heavy (non-hydrogen) atoms. The van der Waals surface area contributed by atoms with Crippen molar-refractivity contribution in [1.82, 2.24) is 9.78 Å². The summed E-state index contributed by atoms with van der Waals surface area (Å²) in [4.78, 5) is 23.3. The molecule has 1 aromatic heterocycles. The first kappa shape index (κ1) is 15.6. The number of carbonyl (C=O) groups excluding carboxylic acids is 1. The van der Waals surface area contributed by atoms with E-state index in [0.717, 1.165) is 0 Å². The lowest BCUT2D eigenvalue weighted by Gasteiger charge is -2.07. The summed E-state index contributed by atoms with van der Waals surface area (Å²) in [6.07, 6.45) is 0. The molecule has 7 nitrogen and oxygen atoms in total. The van der Waals surface area contributed by atoms with E-state index in [4.69, 9.17) is 14.6 Å². The monoisotopic (exact) mass is 304 g/mol. The Labute approximate surface area is 127 Å². The highest BCUT2D eigenvalue weighted by atomic mass is 16.5. The largest absolute Gasteiger partial charge is 0.497 e. The predicted molar refractivity (Wildman–Crippen MR) is 77.5 cm³/mol. The summed E-state index contributed by atoms with van der Waals surface area (Å²) in [6, 6.07) is 7.55. The van der Waals surface area contributed by atoms with Gasteiger partial charge < -0.3 is 14.6 Å². The number of hydrogen-bond donors (Lipinski definition) is 1. The van der Waals surface area contributed by atoms with Gasteiger partial charge >= 0.3 is 11.9 Å². The van der Waals surface area contributed by atoms with Crippen LogP contribution < -0.4 is 9.47 Å². The fraction of sp³-hybridized carbons (Fsp3) is 0.267. The van der Waals surface area contributed by atoms with E-state index in [1.807, 2.05) is 0 Å². The first-order valence-electron chi connectivity index (χ1n) is 6.61. The predicted octanol–water partition coefficient (Wildman–Crippen LogP) is 2.39. The van der Waals surface area contributed by atoms with E-state index in [0.29, 0.717) is 11.5 Å². The first-order valence-corrected chi connectivity index (χ1v) is 6.61. The van der Waals surface area contributed by atoms with Crippen molar-refractivity contribution in [3.05, 3.63) is 41.7 Å². The summed E-state index contributed by atoms with van der Waals surface area (Å²) < 4.78 is 11.5. The van der Waals surface area contributed by atoms with Crippen molar-refractivity contribution in [2.24, 2.45) is 0 Å². The number of ether oxygens (including phenoxy) is 2. The number of methoxy groups -OCH3 is 1. The maximum absolute atomic E-state index is 12.1. The van der Waals surface area contributed by atoms with Crippen molar-refractivity contribution >= 4 is 11.9 Å². The van der Waals surface area contributed by atoms with Gasteiger partial charge in [-0.15, -0.1) is 0 Å². The number of rotatable bonds is 5. The van der Waals surface area contributed by atoms with E-state index in [1.54, 1.807) is 38.1 Å². The van der Waals surface area contributed by atoms with E-state index in [2.05, 4.69) is 5.10 Å². The fourth-order valence-electron chi connectivity index (χ4n) is 1.87. The van der Waals surface area contributed by atoms with E-state index >= 15 is 0 Å². The van der Waals surface area contributed by atoms with Crippen LogP contribution in [0.15, 0.2) is 30.3 Å². The topological polar surface area (TPSA) is 90.6 Å². The van der Waals surface area contributed by atoms with Crippen molar-refractivity contribution in [3.8, 4) is 11.5 Å². The van der Waals surface area contributed by atoms with Crippen LogP contribution in [-0.4, -0.2) is 33.9 Å². The highest BCUT2D eigenvalue weighted by molar-refractivity contribution is 5.93. The molecule has 0 bridgehead atoms. The van der Waals surface area contributed by atoms with Gasteiger partial charge in [0.15, 0.2) is 5.69 Å². The molecule has 0 amide bonds. The summed E-state index contributed by atoms with van der Waals surface area (Å²) >= 11 is 0. The van der Waals surface area contributed by atoms with Crippen molar-refractivity contribution in [2.45, 2.75) is 19.9 Å². The summed E-state index contributed by atoms with van der Waals surface area (Å²) in [5, 5.41) is 13.1. The molecule has 0 fully saturated rings. The van der Waals surface area contributed by atoms with Gasteiger partial charge in [0.1, 0.15) is 17.2 Å². The zero-order valence-electron chi connectivity index (χ0n) is 12.4. The third-order valence-corrected chi connectivity index (χ3v) is 2.90. The average Bonchev–Trinajstić information content (AvgIpc) is 2.93. The number of hydrogen-bond acceptors (Lipinski definition) is 5.